The molecule has 0 radical (unpaired) electrons. The van der Waals surface area contributed by atoms with Crippen molar-refractivity contribution in [3.05, 3.63) is 65.1 Å². The van der Waals surface area contributed by atoms with E-state index in [4.69, 9.17) is 4.99 Å². The first kappa shape index (κ1) is 22.8. The fourth-order valence-corrected chi connectivity index (χ4v) is 5.65. The Balaban J connectivity index is 1.42. The molecule has 8 heteroatoms. The highest BCUT2D eigenvalue weighted by Gasteiger charge is 2.34. The highest BCUT2D eigenvalue weighted by atomic mass is 32.2. The highest BCUT2D eigenvalue weighted by Crippen LogP contribution is 2.35. The topological polar surface area (TPSA) is 67.6 Å². The Labute approximate surface area is 202 Å². The Bertz CT molecular complexity index is 1250. The van der Waals surface area contributed by atoms with Gasteiger partial charge in [-0.3, -0.25) is 19.3 Å². The van der Waals surface area contributed by atoms with E-state index in [9.17, 15) is 14.0 Å². The highest BCUT2D eigenvalue weighted by molar-refractivity contribution is 8.14. The zero-order chi connectivity index (χ0) is 24.0. The van der Waals surface area contributed by atoms with E-state index in [0.717, 1.165) is 39.4 Å². The van der Waals surface area contributed by atoms with Gasteiger partial charge in [0.05, 0.1) is 23.0 Å². The lowest BCUT2D eigenvalue weighted by Gasteiger charge is -2.32. The summed E-state index contributed by atoms with van der Waals surface area (Å²) in [7, 11) is 0. The molecule has 3 heterocycles. The lowest BCUT2D eigenvalue weighted by molar-refractivity contribution is -0.131. The van der Waals surface area contributed by atoms with Crippen molar-refractivity contribution in [3.63, 3.8) is 0 Å². The molecule has 0 fully saturated rings. The smallest absolute Gasteiger partial charge is 0.248 e. The van der Waals surface area contributed by atoms with Crippen LogP contribution in [0.5, 0.6) is 0 Å². The number of nitrogens with zero attached hydrogens (tertiary/aromatic N) is 4. The summed E-state index contributed by atoms with van der Waals surface area (Å²) in [4.78, 5) is 31.7. The van der Waals surface area contributed by atoms with Crippen molar-refractivity contribution in [3.8, 4) is 11.3 Å². The van der Waals surface area contributed by atoms with Gasteiger partial charge in [-0.05, 0) is 63.1 Å². The molecule has 0 saturated carbocycles. The third kappa shape index (κ3) is 4.27. The normalized spacial score (nSPS) is 20.6. The Kier molecular flexibility index (Phi) is 5.80. The van der Waals surface area contributed by atoms with Crippen molar-refractivity contribution in [2.75, 3.05) is 18.8 Å². The molecule has 176 valence electrons. The first-order valence-corrected chi connectivity index (χ1v) is 12.5. The number of rotatable bonds is 3. The summed E-state index contributed by atoms with van der Waals surface area (Å²) >= 11 is 1.56. The fraction of sp³-hybridized carbons (Fsp3) is 0.385. The molecular formula is C26H27FN4O2S. The predicted molar refractivity (Wildman–Crippen MR) is 132 cm³/mol. The van der Waals surface area contributed by atoms with E-state index in [-0.39, 0.29) is 23.0 Å². The minimum absolute atomic E-state index is 0.0193. The molecule has 1 unspecified atom stereocenters. The van der Waals surface area contributed by atoms with E-state index >= 15 is 0 Å². The van der Waals surface area contributed by atoms with Gasteiger partial charge in [0.25, 0.3) is 0 Å². The van der Waals surface area contributed by atoms with Crippen molar-refractivity contribution in [2.45, 2.75) is 45.2 Å². The second-order valence-electron chi connectivity index (χ2n) is 9.87. The van der Waals surface area contributed by atoms with Gasteiger partial charge in [0, 0.05) is 30.8 Å². The van der Waals surface area contributed by atoms with Crippen LogP contribution in [0.1, 0.15) is 39.2 Å². The lowest BCUT2D eigenvalue weighted by atomic mass is 9.91. The molecule has 6 nitrogen and oxygen atoms in total. The summed E-state index contributed by atoms with van der Waals surface area (Å²) in [5.74, 6) is 0.440. The summed E-state index contributed by atoms with van der Waals surface area (Å²) in [6.45, 7) is 7.36. The molecule has 0 spiro atoms. The summed E-state index contributed by atoms with van der Waals surface area (Å²) in [6, 6.07) is 5.95. The van der Waals surface area contributed by atoms with Crippen LogP contribution in [0, 0.1) is 5.82 Å². The van der Waals surface area contributed by atoms with Gasteiger partial charge >= 0.3 is 0 Å². The molecule has 34 heavy (non-hydrogen) atoms. The Morgan fingerprint density at radius 3 is 2.68 bits per heavy atom. The van der Waals surface area contributed by atoms with Crippen LogP contribution in [-0.4, -0.2) is 56.3 Å². The van der Waals surface area contributed by atoms with E-state index in [1.54, 1.807) is 36.2 Å². The van der Waals surface area contributed by atoms with Crippen LogP contribution in [0.3, 0.4) is 0 Å². The molecule has 2 aromatic rings. The van der Waals surface area contributed by atoms with Crippen molar-refractivity contribution in [1.29, 1.82) is 0 Å². The standard InChI is InChI=1S/C26H27FN4O2S/c1-26(2,3)31-23(16-4-7-19(27)8-5-16)21(13-28-31)24-29-22(15-34-24)25(33)30-11-10-17-12-20(32)9-6-18(17)14-30/h4-9,13,22H,10-12,14-15H2,1-3H3. The van der Waals surface area contributed by atoms with Crippen LogP contribution in [0.25, 0.3) is 11.3 Å². The average molecular weight is 479 g/mol. The molecule has 0 bridgehead atoms. The number of carbonyl (C=O) groups is 2. The first-order valence-electron chi connectivity index (χ1n) is 11.5. The van der Waals surface area contributed by atoms with Crippen LogP contribution in [0.15, 0.2) is 58.8 Å². The number of halogens is 1. The van der Waals surface area contributed by atoms with Gasteiger partial charge in [-0.15, -0.1) is 11.8 Å². The summed E-state index contributed by atoms with van der Waals surface area (Å²) in [6.07, 6.45) is 6.47. The van der Waals surface area contributed by atoms with Crippen LogP contribution in [0.4, 0.5) is 4.39 Å². The number of aromatic nitrogens is 2. The molecule has 1 atom stereocenters. The largest absolute Gasteiger partial charge is 0.336 e. The number of ketones is 1. The van der Waals surface area contributed by atoms with E-state index in [1.807, 2.05) is 15.7 Å². The van der Waals surface area contributed by atoms with Gasteiger partial charge in [-0.1, -0.05) is 11.6 Å². The summed E-state index contributed by atoms with van der Waals surface area (Å²) in [5.41, 5.74) is 4.54. The molecule has 1 aliphatic carbocycles. The van der Waals surface area contributed by atoms with E-state index in [1.165, 1.54) is 12.1 Å². The Hall–Kier alpha value is -3.00. The third-order valence-electron chi connectivity index (χ3n) is 6.36. The zero-order valence-corrected chi connectivity index (χ0v) is 20.4. The Morgan fingerprint density at radius 1 is 1.18 bits per heavy atom. The van der Waals surface area contributed by atoms with E-state index in [2.05, 4.69) is 25.9 Å². The van der Waals surface area contributed by atoms with Gasteiger partial charge in [0.1, 0.15) is 16.9 Å². The van der Waals surface area contributed by atoms with Crippen molar-refractivity contribution in [1.82, 2.24) is 14.7 Å². The van der Waals surface area contributed by atoms with Crippen LogP contribution in [-0.2, 0) is 15.1 Å². The molecular weight excluding hydrogens is 451 g/mol. The minimum Gasteiger partial charge on any atom is -0.336 e. The van der Waals surface area contributed by atoms with Gasteiger partial charge in [0.2, 0.25) is 5.91 Å². The molecule has 1 aromatic heterocycles. The van der Waals surface area contributed by atoms with Gasteiger partial charge in [-0.25, -0.2) is 4.39 Å². The number of hydrogen-bond donors (Lipinski definition) is 0. The maximum Gasteiger partial charge on any atom is 0.248 e. The third-order valence-corrected chi connectivity index (χ3v) is 7.44. The van der Waals surface area contributed by atoms with Gasteiger partial charge in [0.15, 0.2) is 5.78 Å². The zero-order valence-electron chi connectivity index (χ0n) is 19.5. The quantitative estimate of drug-likeness (QED) is 0.657. The van der Waals surface area contributed by atoms with E-state index < -0.39 is 6.04 Å². The lowest BCUT2D eigenvalue weighted by Crippen LogP contribution is -2.43. The van der Waals surface area contributed by atoms with Crippen LogP contribution in [0.2, 0.25) is 0 Å². The predicted octanol–water partition coefficient (Wildman–Crippen LogP) is 4.36. The number of allylic oxidation sites excluding steroid dienone is 1. The molecule has 1 amide bonds. The number of carbonyl (C=O) groups excluding carboxylic acids is 2. The van der Waals surface area contributed by atoms with Gasteiger partial charge < -0.3 is 4.90 Å². The maximum atomic E-state index is 13.6. The average Bonchev–Trinajstić information content (AvgIpc) is 3.46. The molecule has 3 aliphatic rings. The van der Waals surface area contributed by atoms with Crippen LogP contribution < -0.4 is 0 Å². The molecule has 5 rings (SSSR count). The van der Waals surface area contributed by atoms with Crippen molar-refractivity contribution < 1.29 is 14.0 Å². The number of amides is 1. The molecule has 0 saturated heterocycles. The van der Waals surface area contributed by atoms with Crippen molar-refractivity contribution >= 4 is 28.5 Å². The number of benzene rings is 1. The SMILES string of the molecule is CC(C)(C)n1ncc(C2=NC(C(=O)N3CCC4=C(C=CC(=O)C4)C3)CS2)c1-c1ccc(F)cc1. The van der Waals surface area contributed by atoms with E-state index in [0.29, 0.717) is 25.3 Å². The second kappa shape index (κ2) is 8.65. The second-order valence-corrected chi connectivity index (χ2v) is 10.9. The van der Waals surface area contributed by atoms with Crippen LogP contribution >= 0.6 is 11.8 Å². The number of aliphatic imine (C=N–C) groups is 1. The Morgan fingerprint density at radius 2 is 1.94 bits per heavy atom. The maximum absolute atomic E-state index is 13.6. The monoisotopic (exact) mass is 478 g/mol. The minimum atomic E-state index is -0.449. The molecule has 0 N–H and O–H groups in total. The first-order chi connectivity index (χ1) is 16.2. The van der Waals surface area contributed by atoms with Crippen molar-refractivity contribution in [2.24, 2.45) is 4.99 Å². The van der Waals surface area contributed by atoms with Gasteiger partial charge in [-0.2, -0.15) is 5.10 Å². The fourth-order valence-electron chi connectivity index (χ4n) is 4.61. The molecule has 2 aliphatic heterocycles. The number of hydrogen-bond acceptors (Lipinski definition) is 5. The number of thioether (sulfide) groups is 1. The summed E-state index contributed by atoms with van der Waals surface area (Å²) in [5, 5.41) is 5.42. The molecule has 1 aromatic carbocycles. The summed E-state index contributed by atoms with van der Waals surface area (Å²) < 4.78 is 15.5.